The van der Waals surface area contributed by atoms with Crippen molar-refractivity contribution in [2.45, 2.75) is 64.0 Å². The number of likely N-dealkylation sites (tertiary alicyclic amines) is 1. The summed E-state index contributed by atoms with van der Waals surface area (Å²) in [6.45, 7) is 3.43. The maximum absolute atomic E-state index is 5.84. The fraction of sp³-hybridized carbons (Fsp3) is 0.667. The fourth-order valence-corrected chi connectivity index (χ4v) is 4.25. The molecule has 2 aliphatic rings. The molecule has 0 N–H and O–H groups in total. The monoisotopic (exact) mass is 370 g/mol. The van der Waals surface area contributed by atoms with E-state index >= 15 is 0 Å². The molecule has 1 atom stereocenters. The second-order valence-electron chi connectivity index (χ2n) is 7.83. The molecule has 1 saturated heterocycles. The molecular weight excluding hydrogens is 340 g/mol. The van der Waals surface area contributed by atoms with Crippen molar-refractivity contribution in [1.29, 1.82) is 0 Å². The van der Waals surface area contributed by atoms with Gasteiger partial charge >= 0.3 is 0 Å². The van der Waals surface area contributed by atoms with Crippen LogP contribution < -0.4 is 0 Å². The van der Waals surface area contributed by atoms with Gasteiger partial charge in [-0.3, -0.25) is 9.88 Å². The molecule has 4 rings (SSSR count). The van der Waals surface area contributed by atoms with Crippen LogP contribution in [0.1, 0.15) is 68.4 Å². The van der Waals surface area contributed by atoms with Crippen LogP contribution in [-0.2, 0) is 17.7 Å². The Morgan fingerprint density at radius 3 is 2.85 bits per heavy atom. The SMILES string of the molecule is c1ccc(CN2CCCCC2c2nc(CCOCC3CCCC3)no2)nc1. The van der Waals surface area contributed by atoms with E-state index in [0.717, 1.165) is 55.9 Å². The maximum atomic E-state index is 5.84. The number of ether oxygens (including phenoxy) is 1. The Kier molecular flexibility index (Phi) is 6.48. The third kappa shape index (κ3) is 5.14. The van der Waals surface area contributed by atoms with Gasteiger partial charge in [-0.15, -0.1) is 0 Å². The summed E-state index contributed by atoms with van der Waals surface area (Å²) in [6.07, 6.45) is 11.4. The number of pyridine rings is 1. The Morgan fingerprint density at radius 1 is 1.11 bits per heavy atom. The lowest BCUT2D eigenvalue weighted by molar-refractivity contribution is 0.102. The first-order chi connectivity index (χ1) is 13.4. The molecule has 1 saturated carbocycles. The minimum atomic E-state index is 0.196. The summed E-state index contributed by atoms with van der Waals surface area (Å²) >= 11 is 0. The molecule has 6 heteroatoms. The average molecular weight is 370 g/mol. The molecule has 0 aromatic carbocycles. The van der Waals surface area contributed by atoms with Gasteiger partial charge in [0.05, 0.1) is 18.3 Å². The van der Waals surface area contributed by atoms with E-state index in [9.17, 15) is 0 Å². The van der Waals surface area contributed by atoms with Crippen molar-refractivity contribution < 1.29 is 9.26 Å². The topological polar surface area (TPSA) is 64.3 Å². The zero-order valence-corrected chi connectivity index (χ0v) is 16.1. The van der Waals surface area contributed by atoms with E-state index in [4.69, 9.17) is 9.26 Å². The van der Waals surface area contributed by atoms with Crippen molar-refractivity contribution in [3.8, 4) is 0 Å². The molecule has 1 unspecified atom stereocenters. The summed E-state index contributed by atoms with van der Waals surface area (Å²) in [6, 6.07) is 6.27. The van der Waals surface area contributed by atoms with Crippen molar-refractivity contribution in [3.05, 3.63) is 41.8 Å². The van der Waals surface area contributed by atoms with Crippen LogP contribution in [0.15, 0.2) is 28.9 Å². The molecule has 2 aromatic heterocycles. The van der Waals surface area contributed by atoms with Gasteiger partial charge in [-0.2, -0.15) is 4.98 Å². The first-order valence-electron chi connectivity index (χ1n) is 10.4. The standard InChI is InChI=1S/C21H30N4O2/c1-2-8-17(7-1)16-26-14-11-20-23-21(27-24-20)19-10-4-6-13-25(19)15-18-9-3-5-12-22-18/h3,5,9,12,17,19H,1-2,4,6-8,10-11,13-16H2. The predicted octanol–water partition coefficient (Wildman–Crippen LogP) is 3.94. The molecule has 1 aliphatic carbocycles. The van der Waals surface area contributed by atoms with Gasteiger partial charge in [0.2, 0.25) is 5.89 Å². The molecule has 146 valence electrons. The van der Waals surface area contributed by atoms with Gasteiger partial charge in [-0.05, 0) is 50.3 Å². The molecule has 0 spiro atoms. The van der Waals surface area contributed by atoms with Gasteiger partial charge < -0.3 is 9.26 Å². The van der Waals surface area contributed by atoms with E-state index in [-0.39, 0.29) is 6.04 Å². The van der Waals surface area contributed by atoms with Crippen molar-refractivity contribution in [2.75, 3.05) is 19.8 Å². The van der Waals surface area contributed by atoms with Crippen LogP contribution in [-0.4, -0.2) is 39.8 Å². The molecule has 0 radical (unpaired) electrons. The number of rotatable bonds is 8. The highest BCUT2D eigenvalue weighted by Gasteiger charge is 2.29. The Morgan fingerprint density at radius 2 is 2.00 bits per heavy atom. The van der Waals surface area contributed by atoms with E-state index in [2.05, 4.69) is 26.1 Å². The van der Waals surface area contributed by atoms with E-state index in [1.165, 1.54) is 38.5 Å². The molecule has 2 aromatic rings. The van der Waals surface area contributed by atoms with Gasteiger partial charge in [-0.1, -0.05) is 30.5 Å². The molecule has 2 fully saturated rings. The average Bonchev–Trinajstić information content (AvgIpc) is 3.39. The summed E-state index contributed by atoms with van der Waals surface area (Å²) in [7, 11) is 0. The molecule has 1 aliphatic heterocycles. The number of nitrogens with zero attached hydrogens (tertiary/aromatic N) is 4. The van der Waals surface area contributed by atoms with Crippen LogP contribution in [0.5, 0.6) is 0 Å². The van der Waals surface area contributed by atoms with Crippen molar-refractivity contribution in [2.24, 2.45) is 5.92 Å². The van der Waals surface area contributed by atoms with Crippen LogP contribution in [0.4, 0.5) is 0 Å². The number of hydrogen-bond donors (Lipinski definition) is 0. The van der Waals surface area contributed by atoms with Crippen LogP contribution >= 0.6 is 0 Å². The van der Waals surface area contributed by atoms with E-state index in [1.54, 1.807) is 0 Å². The number of aromatic nitrogens is 3. The Balaban J connectivity index is 1.30. The highest BCUT2D eigenvalue weighted by Crippen LogP contribution is 2.31. The van der Waals surface area contributed by atoms with Crippen LogP contribution in [0.2, 0.25) is 0 Å². The van der Waals surface area contributed by atoms with Crippen LogP contribution in [0.25, 0.3) is 0 Å². The Bertz CT molecular complexity index is 684. The summed E-state index contributed by atoms with van der Waals surface area (Å²) in [5, 5.41) is 4.19. The third-order valence-electron chi connectivity index (χ3n) is 5.77. The lowest BCUT2D eigenvalue weighted by Gasteiger charge is -2.32. The highest BCUT2D eigenvalue weighted by atomic mass is 16.5. The van der Waals surface area contributed by atoms with Crippen molar-refractivity contribution in [1.82, 2.24) is 20.0 Å². The van der Waals surface area contributed by atoms with Crippen molar-refractivity contribution >= 4 is 0 Å². The Labute approximate surface area is 161 Å². The number of piperidine rings is 1. The van der Waals surface area contributed by atoms with Gasteiger partial charge in [0.25, 0.3) is 0 Å². The van der Waals surface area contributed by atoms with E-state index in [1.807, 2.05) is 18.3 Å². The minimum absolute atomic E-state index is 0.196. The lowest BCUT2D eigenvalue weighted by atomic mass is 10.0. The van der Waals surface area contributed by atoms with Crippen LogP contribution in [0.3, 0.4) is 0 Å². The molecule has 3 heterocycles. The predicted molar refractivity (Wildman–Crippen MR) is 102 cm³/mol. The van der Waals surface area contributed by atoms with Gasteiger partial charge in [0, 0.05) is 25.8 Å². The molecule has 0 amide bonds. The third-order valence-corrected chi connectivity index (χ3v) is 5.77. The Hall–Kier alpha value is -1.79. The zero-order chi connectivity index (χ0) is 18.3. The zero-order valence-electron chi connectivity index (χ0n) is 16.1. The first-order valence-corrected chi connectivity index (χ1v) is 10.4. The molecular formula is C21H30N4O2. The summed E-state index contributed by atoms with van der Waals surface area (Å²) < 4.78 is 11.5. The van der Waals surface area contributed by atoms with E-state index in [0.29, 0.717) is 6.61 Å². The maximum Gasteiger partial charge on any atom is 0.244 e. The van der Waals surface area contributed by atoms with Gasteiger partial charge in [-0.25, -0.2) is 0 Å². The lowest BCUT2D eigenvalue weighted by Crippen LogP contribution is -2.33. The fourth-order valence-electron chi connectivity index (χ4n) is 4.25. The molecule has 27 heavy (non-hydrogen) atoms. The molecule has 0 bridgehead atoms. The normalized spacial score (nSPS) is 21.7. The summed E-state index contributed by atoms with van der Waals surface area (Å²) in [4.78, 5) is 11.6. The smallest absolute Gasteiger partial charge is 0.244 e. The summed E-state index contributed by atoms with van der Waals surface area (Å²) in [5.41, 5.74) is 1.09. The highest BCUT2D eigenvalue weighted by molar-refractivity contribution is 5.05. The minimum Gasteiger partial charge on any atom is -0.381 e. The van der Waals surface area contributed by atoms with Gasteiger partial charge in [0.1, 0.15) is 0 Å². The first kappa shape index (κ1) is 18.6. The van der Waals surface area contributed by atoms with E-state index < -0.39 is 0 Å². The summed E-state index contributed by atoms with van der Waals surface area (Å²) in [5.74, 6) is 2.27. The van der Waals surface area contributed by atoms with Gasteiger partial charge in [0.15, 0.2) is 5.82 Å². The second kappa shape index (κ2) is 9.42. The second-order valence-corrected chi connectivity index (χ2v) is 7.83. The molecule has 6 nitrogen and oxygen atoms in total. The van der Waals surface area contributed by atoms with Crippen molar-refractivity contribution in [3.63, 3.8) is 0 Å². The number of hydrogen-bond acceptors (Lipinski definition) is 6. The van der Waals surface area contributed by atoms with Crippen LogP contribution in [0, 0.1) is 5.92 Å². The largest absolute Gasteiger partial charge is 0.381 e. The quantitative estimate of drug-likeness (QED) is 0.656.